The Balaban J connectivity index is 1.46. The van der Waals surface area contributed by atoms with Gasteiger partial charge in [0.25, 0.3) is 0 Å². The summed E-state index contributed by atoms with van der Waals surface area (Å²) in [5.41, 5.74) is 4.92. The lowest BCUT2D eigenvalue weighted by molar-refractivity contribution is -0.0458. The minimum atomic E-state index is 0.295. The molecule has 1 aliphatic heterocycles. The molecule has 1 heterocycles. The van der Waals surface area contributed by atoms with Crippen LogP contribution >= 0.6 is 23.2 Å². The van der Waals surface area contributed by atoms with E-state index in [2.05, 4.69) is 11.7 Å². The minimum Gasteiger partial charge on any atom is -0.282 e. The summed E-state index contributed by atoms with van der Waals surface area (Å²) in [6, 6.07) is 15.8. The first kappa shape index (κ1) is 15.5. The number of hydrogen-bond donors (Lipinski definition) is 1. The molecular formula is C17H16Cl2N2O. The summed E-state index contributed by atoms with van der Waals surface area (Å²) in [6.45, 7) is 1.43. The number of halogens is 2. The summed E-state index contributed by atoms with van der Waals surface area (Å²) >= 11 is 12.3. The van der Waals surface area contributed by atoms with E-state index in [0.29, 0.717) is 22.7 Å². The van der Waals surface area contributed by atoms with Crippen LogP contribution in [0.25, 0.3) is 6.08 Å². The van der Waals surface area contributed by atoms with Crippen molar-refractivity contribution in [1.29, 1.82) is 0 Å². The highest BCUT2D eigenvalue weighted by Crippen LogP contribution is 2.27. The van der Waals surface area contributed by atoms with Crippen molar-refractivity contribution < 1.29 is 4.84 Å². The van der Waals surface area contributed by atoms with Gasteiger partial charge >= 0.3 is 0 Å². The van der Waals surface area contributed by atoms with Crippen molar-refractivity contribution in [2.45, 2.75) is 12.6 Å². The molecule has 3 nitrogen and oxygen atoms in total. The molecule has 2 aromatic carbocycles. The van der Waals surface area contributed by atoms with Crippen molar-refractivity contribution in [1.82, 2.24) is 10.6 Å². The van der Waals surface area contributed by atoms with Gasteiger partial charge in [-0.25, -0.2) is 5.01 Å². The molecule has 1 N–H and O–H groups in total. The number of hydrogen-bond acceptors (Lipinski definition) is 3. The molecule has 0 aromatic heterocycles. The summed E-state index contributed by atoms with van der Waals surface area (Å²) in [6.07, 6.45) is 4.01. The van der Waals surface area contributed by atoms with E-state index in [1.165, 1.54) is 0 Å². The zero-order valence-corrected chi connectivity index (χ0v) is 13.4. The first-order chi connectivity index (χ1) is 10.7. The van der Waals surface area contributed by atoms with Crippen LogP contribution in [0.2, 0.25) is 10.0 Å². The Morgan fingerprint density at radius 2 is 1.82 bits per heavy atom. The van der Waals surface area contributed by atoms with E-state index in [4.69, 9.17) is 28.0 Å². The van der Waals surface area contributed by atoms with E-state index in [1.807, 2.05) is 59.6 Å². The van der Waals surface area contributed by atoms with Crippen LogP contribution in [0.1, 0.15) is 11.1 Å². The molecule has 3 rings (SSSR count). The maximum Gasteiger partial charge on any atom is 0.0949 e. The summed E-state index contributed by atoms with van der Waals surface area (Å²) in [5, 5.41) is 3.30. The van der Waals surface area contributed by atoms with Crippen molar-refractivity contribution in [3.8, 4) is 0 Å². The van der Waals surface area contributed by atoms with Gasteiger partial charge in [-0.05, 0) is 17.7 Å². The van der Waals surface area contributed by atoms with E-state index in [1.54, 1.807) is 0 Å². The molecule has 0 spiro atoms. The van der Waals surface area contributed by atoms with Crippen LogP contribution < -0.4 is 5.59 Å². The molecule has 0 bridgehead atoms. The molecule has 2 atom stereocenters. The molecule has 0 saturated carbocycles. The van der Waals surface area contributed by atoms with Gasteiger partial charge in [0.1, 0.15) is 0 Å². The van der Waals surface area contributed by atoms with Crippen LogP contribution in [0.15, 0.2) is 54.6 Å². The largest absolute Gasteiger partial charge is 0.282 e. The Morgan fingerprint density at radius 3 is 2.55 bits per heavy atom. The topological polar surface area (TPSA) is 24.3 Å². The minimum absolute atomic E-state index is 0.295. The molecule has 114 valence electrons. The first-order valence-corrected chi connectivity index (χ1v) is 7.80. The summed E-state index contributed by atoms with van der Waals surface area (Å²) in [4.78, 5) is 5.46. The Morgan fingerprint density at radius 1 is 1.09 bits per heavy atom. The highest BCUT2D eigenvalue weighted by atomic mass is 35.5. The average Bonchev–Trinajstić information content (AvgIpc) is 3.26. The van der Waals surface area contributed by atoms with Gasteiger partial charge in [-0.15, -0.1) is 5.59 Å². The van der Waals surface area contributed by atoms with Crippen LogP contribution in [0.4, 0.5) is 0 Å². The van der Waals surface area contributed by atoms with Crippen LogP contribution in [-0.2, 0) is 11.4 Å². The highest BCUT2D eigenvalue weighted by Gasteiger charge is 2.31. The van der Waals surface area contributed by atoms with Gasteiger partial charge in [0.2, 0.25) is 0 Å². The smallest absolute Gasteiger partial charge is 0.0949 e. The third-order valence-corrected chi connectivity index (χ3v) is 4.06. The zero-order chi connectivity index (χ0) is 15.4. The predicted molar refractivity (Wildman–Crippen MR) is 90.4 cm³/mol. The Hall–Kier alpha value is -1.36. The molecule has 22 heavy (non-hydrogen) atoms. The van der Waals surface area contributed by atoms with E-state index in [-0.39, 0.29) is 0 Å². The van der Waals surface area contributed by atoms with Gasteiger partial charge in [0.05, 0.1) is 12.6 Å². The van der Waals surface area contributed by atoms with Crippen molar-refractivity contribution in [3.05, 3.63) is 75.8 Å². The Bertz CT molecular complexity index is 641. The summed E-state index contributed by atoms with van der Waals surface area (Å²) < 4.78 is 0. The fourth-order valence-electron chi connectivity index (χ4n) is 2.07. The van der Waals surface area contributed by atoms with Crippen molar-refractivity contribution in [2.75, 3.05) is 6.54 Å². The number of hydrazine groups is 1. The van der Waals surface area contributed by atoms with Gasteiger partial charge in [-0.3, -0.25) is 4.84 Å². The fraction of sp³-hybridized carbons (Fsp3) is 0.176. The van der Waals surface area contributed by atoms with Crippen LogP contribution in [0.5, 0.6) is 0 Å². The van der Waals surface area contributed by atoms with Crippen molar-refractivity contribution >= 4 is 29.3 Å². The van der Waals surface area contributed by atoms with Crippen LogP contribution in [0, 0.1) is 0 Å². The normalized spacial score (nSPS) is 20.5. The molecular weight excluding hydrogens is 319 g/mol. The summed E-state index contributed by atoms with van der Waals surface area (Å²) in [7, 11) is 0. The lowest BCUT2D eigenvalue weighted by Gasteiger charge is -2.06. The fourth-order valence-corrected chi connectivity index (χ4v) is 2.60. The van der Waals surface area contributed by atoms with Gasteiger partial charge in [0.15, 0.2) is 0 Å². The molecule has 0 amide bonds. The molecule has 1 fully saturated rings. The maximum atomic E-state index is 6.13. The molecule has 5 heteroatoms. The monoisotopic (exact) mass is 334 g/mol. The third kappa shape index (κ3) is 4.09. The van der Waals surface area contributed by atoms with E-state index >= 15 is 0 Å². The van der Waals surface area contributed by atoms with Gasteiger partial charge in [-0.2, -0.15) is 0 Å². The number of rotatable bonds is 6. The third-order valence-electron chi connectivity index (χ3n) is 3.40. The van der Waals surface area contributed by atoms with Gasteiger partial charge < -0.3 is 0 Å². The quantitative estimate of drug-likeness (QED) is 0.628. The van der Waals surface area contributed by atoms with Crippen LogP contribution in [0.3, 0.4) is 0 Å². The molecule has 1 saturated heterocycles. The molecule has 0 aliphatic carbocycles. The zero-order valence-electron chi connectivity index (χ0n) is 11.9. The van der Waals surface area contributed by atoms with E-state index in [0.717, 1.165) is 17.7 Å². The van der Waals surface area contributed by atoms with Gasteiger partial charge in [0, 0.05) is 22.2 Å². The lowest BCUT2D eigenvalue weighted by Crippen LogP contribution is -2.22. The Kier molecular flexibility index (Phi) is 5.13. The number of nitrogens with one attached hydrogen (secondary N) is 1. The highest BCUT2D eigenvalue weighted by molar-refractivity contribution is 6.37. The van der Waals surface area contributed by atoms with Crippen molar-refractivity contribution in [2.24, 2.45) is 0 Å². The second-order valence-corrected chi connectivity index (χ2v) is 5.89. The standard InChI is InChI=1S/C17H16Cl2N2O/c18-16-7-4-8-17(19)15(16)10-9-14-11-21(14)20-22-12-13-5-2-1-3-6-13/h1-10,14,20H,11-12H2/b10-9+. The Labute approximate surface area is 140 Å². The first-order valence-electron chi connectivity index (χ1n) is 7.04. The number of nitrogens with zero attached hydrogens (tertiary/aromatic N) is 1. The number of benzene rings is 2. The van der Waals surface area contributed by atoms with E-state index < -0.39 is 0 Å². The second kappa shape index (κ2) is 7.27. The molecule has 0 radical (unpaired) electrons. The molecule has 2 unspecified atom stereocenters. The molecule has 2 aromatic rings. The lowest BCUT2D eigenvalue weighted by atomic mass is 10.2. The van der Waals surface area contributed by atoms with Gasteiger partial charge in [-0.1, -0.05) is 71.8 Å². The predicted octanol–water partition coefficient (Wildman–Crippen LogP) is 4.33. The maximum absolute atomic E-state index is 6.13. The second-order valence-electron chi connectivity index (χ2n) is 5.08. The summed E-state index contributed by atoms with van der Waals surface area (Å²) in [5.74, 6) is 0. The SMILES string of the molecule is Clc1cccc(Cl)c1/C=C/C1CN1NOCc1ccccc1. The van der Waals surface area contributed by atoms with Crippen LogP contribution in [-0.4, -0.2) is 17.6 Å². The average molecular weight is 335 g/mol. The van der Waals surface area contributed by atoms with Crippen molar-refractivity contribution in [3.63, 3.8) is 0 Å². The van der Waals surface area contributed by atoms with E-state index in [9.17, 15) is 0 Å². The molecule has 1 aliphatic rings.